The van der Waals surface area contributed by atoms with Gasteiger partial charge in [-0.05, 0) is 47.6 Å². The van der Waals surface area contributed by atoms with E-state index >= 15 is 0 Å². The van der Waals surface area contributed by atoms with E-state index in [0.717, 1.165) is 36.4 Å². The van der Waals surface area contributed by atoms with E-state index in [-0.39, 0.29) is 0 Å². The number of hydrogen-bond acceptors (Lipinski definition) is 4. The Morgan fingerprint density at radius 1 is 1.26 bits per heavy atom. The van der Waals surface area contributed by atoms with Crippen LogP contribution >= 0.6 is 15.9 Å². The van der Waals surface area contributed by atoms with Gasteiger partial charge in [0.25, 0.3) is 0 Å². The molecule has 2 rings (SSSR count). The molecule has 1 aromatic carbocycles. The predicted molar refractivity (Wildman–Crippen MR) is 81.3 cm³/mol. The third-order valence-electron chi connectivity index (χ3n) is 3.56. The normalized spacial score (nSPS) is 19.4. The van der Waals surface area contributed by atoms with Crippen LogP contribution in [0.15, 0.2) is 22.7 Å². The van der Waals surface area contributed by atoms with Crippen molar-refractivity contribution in [3.63, 3.8) is 0 Å². The van der Waals surface area contributed by atoms with E-state index in [2.05, 4.69) is 57.4 Å². The molecule has 19 heavy (non-hydrogen) atoms. The molecule has 0 amide bonds. The molecule has 0 aromatic heterocycles. The number of nitrogens with one attached hydrogen (secondary N) is 1. The lowest BCUT2D eigenvalue weighted by Crippen LogP contribution is -2.51. The maximum Gasteiger partial charge on any atom is 0.133 e. The SMILES string of the molecule is COc1ccc(C(C)NN2CCN(C)CC2)cc1Br. The zero-order valence-electron chi connectivity index (χ0n) is 11.8. The fourth-order valence-corrected chi connectivity index (χ4v) is 2.79. The number of methoxy groups -OCH3 is 1. The number of ether oxygens (including phenoxy) is 1. The van der Waals surface area contributed by atoms with Crippen LogP contribution in [0.4, 0.5) is 0 Å². The Bertz CT molecular complexity index is 419. The highest BCUT2D eigenvalue weighted by Gasteiger charge is 2.16. The second-order valence-corrected chi connectivity index (χ2v) is 5.89. The number of hydrazine groups is 1. The van der Waals surface area contributed by atoms with Crippen LogP contribution in [0.5, 0.6) is 5.75 Å². The van der Waals surface area contributed by atoms with E-state index in [1.54, 1.807) is 7.11 Å². The Morgan fingerprint density at radius 2 is 1.95 bits per heavy atom. The Hall–Kier alpha value is -0.620. The number of benzene rings is 1. The van der Waals surface area contributed by atoms with E-state index in [9.17, 15) is 0 Å². The molecule has 5 heteroatoms. The lowest BCUT2D eigenvalue weighted by Gasteiger charge is -2.34. The van der Waals surface area contributed by atoms with Crippen molar-refractivity contribution in [2.75, 3.05) is 40.3 Å². The van der Waals surface area contributed by atoms with Crippen molar-refractivity contribution in [1.82, 2.24) is 15.3 Å². The van der Waals surface area contributed by atoms with Crippen LogP contribution in [-0.4, -0.2) is 50.2 Å². The fraction of sp³-hybridized carbons (Fsp3) is 0.571. The summed E-state index contributed by atoms with van der Waals surface area (Å²) in [5.41, 5.74) is 4.82. The predicted octanol–water partition coefficient (Wildman–Crippen LogP) is 2.27. The molecule has 4 nitrogen and oxygen atoms in total. The van der Waals surface area contributed by atoms with Gasteiger partial charge in [-0.1, -0.05) is 6.07 Å². The van der Waals surface area contributed by atoms with Crippen LogP contribution in [0.25, 0.3) is 0 Å². The van der Waals surface area contributed by atoms with Crippen molar-refractivity contribution in [3.8, 4) is 5.75 Å². The van der Waals surface area contributed by atoms with Gasteiger partial charge < -0.3 is 9.64 Å². The second kappa shape index (κ2) is 6.70. The maximum atomic E-state index is 5.26. The van der Waals surface area contributed by atoms with Crippen LogP contribution in [0.1, 0.15) is 18.5 Å². The minimum atomic E-state index is 0.297. The lowest BCUT2D eigenvalue weighted by molar-refractivity contribution is 0.0899. The molecule has 1 atom stereocenters. The van der Waals surface area contributed by atoms with Crippen LogP contribution in [-0.2, 0) is 0 Å². The highest BCUT2D eigenvalue weighted by atomic mass is 79.9. The number of nitrogens with zero attached hydrogens (tertiary/aromatic N) is 2. The van der Waals surface area contributed by atoms with Crippen molar-refractivity contribution in [3.05, 3.63) is 28.2 Å². The summed E-state index contributed by atoms with van der Waals surface area (Å²) in [5.74, 6) is 0.871. The van der Waals surface area contributed by atoms with Crippen LogP contribution in [0.3, 0.4) is 0 Å². The number of halogens is 1. The third kappa shape index (κ3) is 3.92. The monoisotopic (exact) mass is 327 g/mol. The minimum Gasteiger partial charge on any atom is -0.496 e. The molecule has 1 aliphatic heterocycles. The molecule has 0 saturated carbocycles. The zero-order valence-corrected chi connectivity index (χ0v) is 13.4. The van der Waals surface area contributed by atoms with Crippen molar-refractivity contribution >= 4 is 15.9 Å². The molecule has 1 unspecified atom stereocenters. The van der Waals surface area contributed by atoms with E-state index in [1.807, 2.05) is 6.07 Å². The third-order valence-corrected chi connectivity index (χ3v) is 4.18. The van der Waals surface area contributed by atoms with E-state index in [4.69, 9.17) is 4.74 Å². The highest BCUT2D eigenvalue weighted by Crippen LogP contribution is 2.28. The number of likely N-dealkylation sites (N-methyl/N-ethyl adjacent to an activating group) is 1. The first-order chi connectivity index (χ1) is 9.10. The number of piperazine rings is 1. The van der Waals surface area contributed by atoms with Gasteiger partial charge in [0.1, 0.15) is 5.75 Å². The van der Waals surface area contributed by atoms with Crippen molar-refractivity contribution in [1.29, 1.82) is 0 Å². The van der Waals surface area contributed by atoms with Crippen LogP contribution < -0.4 is 10.2 Å². The number of hydrogen-bond donors (Lipinski definition) is 1. The molecule has 0 spiro atoms. The molecule has 1 saturated heterocycles. The zero-order chi connectivity index (χ0) is 13.8. The average Bonchev–Trinajstić information content (AvgIpc) is 2.41. The highest BCUT2D eigenvalue weighted by molar-refractivity contribution is 9.10. The number of rotatable bonds is 4. The standard InChI is InChI=1S/C14H22BrN3O/c1-11(16-18-8-6-17(2)7-9-18)12-4-5-14(19-3)13(15)10-12/h4-5,10-11,16H,6-9H2,1-3H3. The summed E-state index contributed by atoms with van der Waals surface area (Å²) in [6, 6.07) is 6.52. The van der Waals surface area contributed by atoms with Gasteiger partial charge in [0.05, 0.1) is 11.6 Å². The summed E-state index contributed by atoms with van der Waals surface area (Å²) in [5, 5.41) is 2.31. The molecule has 1 aromatic rings. The van der Waals surface area contributed by atoms with Crippen molar-refractivity contribution in [2.45, 2.75) is 13.0 Å². The van der Waals surface area contributed by atoms with Crippen molar-refractivity contribution in [2.24, 2.45) is 0 Å². The Kier molecular flexibility index (Phi) is 5.21. The Balaban J connectivity index is 1.96. The summed E-state index contributed by atoms with van der Waals surface area (Å²) in [6.07, 6.45) is 0. The molecule has 106 valence electrons. The first kappa shape index (κ1) is 14.8. The molecular formula is C14H22BrN3O. The molecular weight excluding hydrogens is 306 g/mol. The van der Waals surface area contributed by atoms with Gasteiger partial charge in [0.2, 0.25) is 0 Å². The lowest BCUT2D eigenvalue weighted by atomic mass is 10.1. The van der Waals surface area contributed by atoms with Crippen molar-refractivity contribution < 1.29 is 4.74 Å². The van der Waals surface area contributed by atoms with E-state index in [0.29, 0.717) is 6.04 Å². The van der Waals surface area contributed by atoms with E-state index in [1.165, 1.54) is 5.56 Å². The molecule has 1 N–H and O–H groups in total. The summed E-state index contributed by atoms with van der Waals surface area (Å²) >= 11 is 3.54. The molecule has 1 heterocycles. The van der Waals surface area contributed by atoms with Gasteiger partial charge >= 0.3 is 0 Å². The Morgan fingerprint density at radius 3 is 2.53 bits per heavy atom. The first-order valence-corrected chi connectivity index (χ1v) is 7.42. The molecule has 1 fully saturated rings. The summed E-state index contributed by atoms with van der Waals surface area (Å²) in [7, 11) is 3.85. The quantitative estimate of drug-likeness (QED) is 0.918. The second-order valence-electron chi connectivity index (χ2n) is 5.04. The molecule has 0 aliphatic carbocycles. The van der Waals surface area contributed by atoms with Gasteiger partial charge in [0.15, 0.2) is 0 Å². The topological polar surface area (TPSA) is 27.7 Å². The smallest absolute Gasteiger partial charge is 0.133 e. The van der Waals surface area contributed by atoms with Gasteiger partial charge in [0, 0.05) is 32.2 Å². The Labute approximate surface area is 123 Å². The van der Waals surface area contributed by atoms with Crippen LogP contribution in [0, 0.1) is 0 Å². The first-order valence-electron chi connectivity index (χ1n) is 6.63. The summed E-state index contributed by atoms with van der Waals surface area (Å²) in [4.78, 5) is 2.35. The largest absolute Gasteiger partial charge is 0.496 e. The maximum absolute atomic E-state index is 5.26. The molecule has 0 bridgehead atoms. The minimum absolute atomic E-state index is 0.297. The van der Waals surface area contributed by atoms with Gasteiger partial charge in [-0.25, -0.2) is 10.4 Å². The summed E-state index contributed by atoms with van der Waals surface area (Å²) < 4.78 is 6.26. The van der Waals surface area contributed by atoms with E-state index < -0.39 is 0 Å². The van der Waals surface area contributed by atoms with Crippen LogP contribution in [0.2, 0.25) is 0 Å². The van der Waals surface area contributed by atoms with Gasteiger partial charge in [-0.3, -0.25) is 0 Å². The van der Waals surface area contributed by atoms with Gasteiger partial charge in [-0.2, -0.15) is 0 Å². The summed E-state index contributed by atoms with van der Waals surface area (Å²) in [6.45, 7) is 6.56. The molecule has 0 radical (unpaired) electrons. The van der Waals surface area contributed by atoms with Gasteiger partial charge in [-0.15, -0.1) is 0 Å². The molecule has 1 aliphatic rings. The average molecular weight is 328 g/mol. The fourth-order valence-electron chi connectivity index (χ4n) is 2.24.